The summed E-state index contributed by atoms with van der Waals surface area (Å²) in [6.07, 6.45) is 1.47. The molecule has 9 heteroatoms. The molecule has 2 aromatic rings. The molecule has 0 saturated carbocycles. The summed E-state index contributed by atoms with van der Waals surface area (Å²) in [6, 6.07) is 4.11. The van der Waals surface area contributed by atoms with Crippen LogP contribution in [0.15, 0.2) is 33.9 Å². The molecule has 0 aliphatic carbocycles. The van der Waals surface area contributed by atoms with Crippen LogP contribution >= 0.6 is 0 Å². The maximum Gasteiger partial charge on any atom is 0.335 e. The summed E-state index contributed by atoms with van der Waals surface area (Å²) in [5, 5.41) is 12.4. The van der Waals surface area contributed by atoms with Gasteiger partial charge in [-0.25, -0.2) is 17.9 Å². The average molecular weight is 311 g/mol. The van der Waals surface area contributed by atoms with Gasteiger partial charge >= 0.3 is 5.97 Å². The fourth-order valence-electron chi connectivity index (χ4n) is 1.81. The van der Waals surface area contributed by atoms with Gasteiger partial charge in [0, 0.05) is 13.0 Å². The summed E-state index contributed by atoms with van der Waals surface area (Å²) in [4.78, 5) is 14.7. The quantitative estimate of drug-likeness (QED) is 0.800. The number of nitrogens with zero attached hydrogens (tertiary/aromatic N) is 2. The summed E-state index contributed by atoms with van der Waals surface area (Å²) < 4.78 is 31.5. The first-order chi connectivity index (χ1) is 9.92. The molecule has 0 amide bonds. The molecular weight excluding hydrogens is 298 g/mol. The SMILES string of the molecule is Cc1c(C(=O)O)cccc1S(=O)(=O)NCCc1ncno1. The van der Waals surface area contributed by atoms with Crippen molar-refractivity contribution in [1.82, 2.24) is 14.9 Å². The highest BCUT2D eigenvalue weighted by Gasteiger charge is 2.20. The number of hydrogen-bond donors (Lipinski definition) is 2. The highest BCUT2D eigenvalue weighted by molar-refractivity contribution is 7.89. The van der Waals surface area contributed by atoms with Crippen molar-refractivity contribution in [2.45, 2.75) is 18.2 Å². The second kappa shape index (κ2) is 6.02. The van der Waals surface area contributed by atoms with Crippen LogP contribution in [0.25, 0.3) is 0 Å². The Morgan fingerprint density at radius 2 is 2.19 bits per heavy atom. The molecule has 0 atom stereocenters. The van der Waals surface area contributed by atoms with Crippen LogP contribution in [0.1, 0.15) is 21.8 Å². The monoisotopic (exact) mass is 311 g/mol. The van der Waals surface area contributed by atoms with E-state index in [1.54, 1.807) is 0 Å². The molecular formula is C12H13N3O5S. The Kier molecular flexibility index (Phi) is 4.34. The van der Waals surface area contributed by atoms with Crippen molar-refractivity contribution in [3.8, 4) is 0 Å². The van der Waals surface area contributed by atoms with Crippen molar-refractivity contribution >= 4 is 16.0 Å². The Bertz CT molecular complexity index is 740. The van der Waals surface area contributed by atoms with Crippen LogP contribution in [0.3, 0.4) is 0 Å². The van der Waals surface area contributed by atoms with Gasteiger partial charge in [-0.15, -0.1) is 0 Å². The van der Waals surface area contributed by atoms with Crippen LogP contribution in [-0.4, -0.2) is 36.2 Å². The van der Waals surface area contributed by atoms with E-state index in [1.165, 1.54) is 31.5 Å². The van der Waals surface area contributed by atoms with E-state index in [4.69, 9.17) is 9.63 Å². The van der Waals surface area contributed by atoms with Crippen LogP contribution < -0.4 is 4.72 Å². The van der Waals surface area contributed by atoms with Gasteiger partial charge in [-0.3, -0.25) is 0 Å². The zero-order valence-electron chi connectivity index (χ0n) is 11.1. The standard InChI is InChI=1S/C12H13N3O5S/c1-8-9(12(16)17)3-2-4-10(8)21(18,19)15-6-5-11-13-7-14-20-11/h2-4,7,15H,5-6H2,1H3,(H,16,17). The molecule has 0 spiro atoms. The Labute approximate surface area is 120 Å². The number of sulfonamides is 1. The number of hydrogen-bond acceptors (Lipinski definition) is 6. The van der Waals surface area contributed by atoms with Gasteiger partial charge in [0.1, 0.15) is 0 Å². The lowest BCUT2D eigenvalue weighted by Crippen LogP contribution is -2.27. The number of rotatable bonds is 6. The Balaban J connectivity index is 2.16. The molecule has 2 rings (SSSR count). The minimum Gasteiger partial charge on any atom is -0.478 e. The minimum atomic E-state index is -3.80. The van der Waals surface area contributed by atoms with Crippen LogP contribution in [0.4, 0.5) is 0 Å². The maximum atomic E-state index is 12.2. The zero-order chi connectivity index (χ0) is 15.5. The molecule has 1 aromatic heterocycles. The molecule has 1 heterocycles. The lowest BCUT2D eigenvalue weighted by molar-refractivity contribution is 0.0696. The van der Waals surface area contributed by atoms with Gasteiger partial charge in [-0.1, -0.05) is 11.2 Å². The highest BCUT2D eigenvalue weighted by Crippen LogP contribution is 2.18. The second-order valence-corrected chi connectivity index (χ2v) is 5.95. The first-order valence-corrected chi connectivity index (χ1v) is 7.48. The first-order valence-electron chi connectivity index (χ1n) is 6.00. The van der Waals surface area contributed by atoms with E-state index in [0.717, 1.165) is 0 Å². The van der Waals surface area contributed by atoms with E-state index in [-0.39, 0.29) is 29.0 Å². The number of benzene rings is 1. The molecule has 0 aliphatic rings. The van der Waals surface area contributed by atoms with Gasteiger partial charge < -0.3 is 9.63 Å². The second-order valence-electron chi connectivity index (χ2n) is 4.22. The van der Waals surface area contributed by atoms with Crippen LogP contribution in [0, 0.1) is 6.92 Å². The van der Waals surface area contributed by atoms with Gasteiger partial charge in [0.15, 0.2) is 6.33 Å². The van der Waals surface area contributed by atoms with Crippen molar-refractivity contribution in [3.05, 3.63) is 41.5 Å². The Morgan fingerprint density at radius 1 is 1.43 bits per heavy atom. The number of aromatic carboxylic acids is 1. The summed E-state index contributed by atoms with van der Waals surface area (Å²) in [5.41, 5.74) is 0.144. The van der Waals surface area contributed by atoms with Crippen molar-refractivity contribution in [2.24, 2.45) is 0 Å². The predicted octanol–water partition coefficient (Wildman–Crippen LogP) is 0.597. The lowest BCUT2D eigenvalue weighted by atomic mass is 10.1. The number of carboxylic acid groups (broad SMARTS) is 1. The van der Waals surface area contributed by atoms with E-state index in [0.29, 0.717) is 5.89 Å². The highest BCUT2D eigenvalue weighted by atomic mass is 32.2. The first kappa shape index (κ1) is 15.1. The van der Waals surface area contributed by atoms with Gasteiger partial charge in [-0.2, -0.15) is 4.98 Å². The van der Waals surface area contributed by atoms with Gasteiger partial charge in [0.25, 0.3) is 0 Å². The normalized spacial score (nSPS) is 11.5. The van der Waals surface area contributed by atoms with Gasteiger partial charge in [0.2, 0.25) is 15.9 Å². The molecule has 21 heavy (non-hydrogen) atoms. The van der Waals surface area contributed by atoms with Crippen LogP contribution in [0.2, 0.25) is 0 Å². The van der Waals surface area contributed by atoms with Crippen molar-refractivity contribution in [3.63, 3.8) is 0 Å². The molecule has 2 N–H and O–H groups in total. The number of aromatic nitrogens is 2. The molecule has 0 aliphatic heterocycles. The average Bonchev–Trinajstić information content (AvgIpc) is 2.91. The topological polar surface area (TPSA) is 122 Å². The molecule has 0 unspecified atom stereocenters. The summed E-state index contributed by atoms with van der Waals surface area (Å²) in [6.45, 7) is 1.53. The number of carboxylic acids is 1. The largest absolute Gasteiger partial charge is 0.478 e. The van der Waals surface area contributed by atoms with E-state index in [2.05, 4.69) is 14.9 Å². The molecule has 112 valence electrons. The van der Waals surface area contributed by atoms with E-state index in [1.807, 2.05) is 0 Å². The van der Waals surface area contributed by atoms with Crippen molar-refractivity contribution < 1.29 is 22.8 Å². The van der Waals surface area contributed by atoms with Gasteiger partial charge in [0.05, 0.1) is 10.5 Å². The van der Waals surface area contributed by atoms with Crippen molar-refractivity contribution in [1.29, 1.82) is 0 Å². The molecule has 0 saturated heterocycles. The third-order valence-electron chi connectivity index (χ3n) is 2.84. The summed E-state index contributed by atoms with van der Waals surface area (Å²) in [5.74, 6) is -0.857. The number of carbonyl (C=O) groups is 1. The fraction of sp³-hybridized carbons (Fsp3) is 0.250. The smallest absolute Gasteiger partial charge is 0.335 e. The Hall–Kier alpha value is -2.26. The van der Waals surface area contributed by atoms with Crippen molar-refractivity contribution in [2.75, 3.05) is 6.54 Å². The van der Waals surface area contributed by atoms with E-state index >= 15 is 0 Å². The molecule has 0 bridgehead atoms. The molecule has 0 radical (unpaired) electrons. The number of nitrogens with one attached hydrogen (secondary N) is 1. The molecule has 8 nitrogen and oxygen atoms in total. The van der Waals surface area contributed by atoms with Crippen LogP contribution in [0.5, 0.6) is 0 Å². The fourth-order valence-corrected chi connectivity index (χ4v) is 3.11. The minimum absolute atomic E-state index is 0.0465. The third-order valence-corrected chi connectivity index (χ3v) is 4.45. The van der Waals surface area contributed by atoms with E-state index < -0.39 is 16.0 Å². The summed E-state index contributed by atoms with van der Waals surface area (Å²) in [7, 11) is -3.80. The lowest BCUT2D eigenvalue weighted by Gasteiger charge is -2.10. The molecule has 0 fully saturated rings. The summed E-state index contributed by atoms with van der Waals surface area (Å²) >= 11 is 0. The zero-order valence-corrected chi connectivity index (χ0v) is 11.9. The maximum absolute atomic E-state index is 12.2. The Morgan fingerprint density at radius 3 is 2.81 bits per heavy atom. The molecule has 1 aromatic carbocycles. The van der Waals surface area contributed by atoms with Crippen LogP contribution in [-0.2, 0) is 16.4 Å². The third kappa shape index (κ3) is 3.44. The van der Waals surface area contributed by atoms with Gasteiger partial charge in [-0.05, 0) is 24.6 Å². The predicted molar refractivity (Wildman–Crippen MR) is 71.3 cm³/mol. The van der Waals surface area contributed by atoms with E-state index in [9.17, 15) is 13.2 Å².